The number of aromatic nitrogens is 1. The van der Waals surface area contributed by atoms with Crippen LogP contribution in [0.4, 0.5) is 5.82 Å². The van der Waals surface area contributed by atoms with Gasteiger partial charge in [0.15, 0.2) is 17.3 Å². The van der Waals surface area contributed by atoms with Crippen LogP contribution in [0.5, 0.6) is 11.5 Å². The molecule has 1 atom stereocenters. The molecule has 1 amide bonds. The predicted octanol–water partition coefficient (Wildman–Crippen LogP) is 2.78. The summed E-state index contributed by atoms with van der Waals surface area (Å²) in [6, 6.07) is 7.81. The quantitative estimate of drug-likeness (QED) is 0.867. The van der Waals surface area contributed by atoms with Crippen LogP contribution in [-0.2, 0) is 4.79 Å². The zero-order valence-corrected chi connectivity index (χ0v) is 14.7. The summed E-state index contributed by atoms with van der Waals surface area (Å²) < 4.78 is 15.7. The zero-order chi connectivity index (χ0) is 17.8. The third-order valence-corrected chi connectivity index (χ3v) is 4.40. The van der Waals surface area contributed by atoms with Crippen LogP contribution in [0.3, 0.4) is 0 Å². The molecule has 0 spiro atoms. The van der Waals surface area contributed by atoms with Gasteiger partial charge >= 0.3 is 0 Å². The van der Waals surface area contributed by atoms with E-state index in [0.29, 0.717) is 29.6 Å². The number of benzene rings is 1. The van der Waals surface area contributed by atoms with Crippen molar-refractivity contribution in [3.05, 3.63) is 35.6 Å². The van der Waals surface area contributed by atoms with Crippen LogP contribution in [0.2, 0.25) is 0 Å². The Morgan fingerprint density at radius 2 is 2.12 bits per heavy atom. The molecule has 1 saturated heterocycles. The highest BCUT2D eigenvalue weighted by Crippen LogP contribution is 2.36. The van der Waals surface area contributed by atoms with E-state index in [0.717, 1.165) is 24.9 Å². The molecule has 1 fully saturated rings. The predicted molar refractivity (Wildman–Crippen MR) is 93.0 cm³/mol. The highest BCUT2D eigenvalue weighted by molar-refractivity contribution is 5.91. The van der Waals surface area contributed by atoms with Crippen LogP contribution < -0.4 is 14.8 Å². The Bertz CT molecular complexity index is 744. The van der Waals surface area contributed by atoms with Crippen molar-refractivity contribution in [3.8, 4) is 11.5 Å². The third-order valence-electron chi connectivity index (χ3n) is 4.40. The van der Waals surface area contributed by atoms with Crippen LogP contribution >= 0.6 is 0 Å². The molecule has 0 bridgehead atoms. The normalized spacial score (nSPS) is 17.5. The lowest BCUT2D eigenvalue weighted by molar-refractivity contribution is -0.117. The van der Waals surface area contributed by atoms with Gasteiger partial charge in [-0.05, 0) is 44.0 Å². The average Bonchev–Trinajstić information content (AvgIpc) is 3.23. The largest absolute Gasteiger partial charge is 0.493 e. The van der Waals surface area contributed by atoms with E-state index in [2.05, 4.69) is 15.4 Å². The lowest BCUT2D eigenvalue weighted by Crippen LogP contribution is -2.33. The molecule has 1 aromatic heterocycles. The molecule has 0 saturated carbocycles. The van der Waals surface area contributed by atoms with Crippen LogP contribution in [0.25, 0.3) is 0 Å². The Hall–Kier alpha value is -2.54. The first-order chi connectivity index (χ1) is 12.1. The molecule has 1 unspecified atom stereocenters. The minimum atomic E-state index is -0.0966. The van der Waals surface area contributed by atoms with Crippen molar-refractivity contribution in [2.75, 3.05) is 32.6 Å². The second-order valence-electron chi connectivity index (χ2n) is 6.11. The maximum absolute atomic E-state index is 12.3. The molecule has 7 nitrogen and oxygen atoms in total. The summed E-state index contributed by atoms with van der Waals surface area (Å²) in [5.41, 5.74) is 1.13. The number of nitrogens with zero attached hydrogens (tertiary/aromatic N) is 2. The molecule has 7 heteroatoms. The average molecular weight is 345 g/mol. The lowest BCUT2D eigenvalue weighted by Gasteiger charge is -2.24. The van der Waals surface area contributed by atoms with Gasteiger partial charge in [-0.2, -0.15) is 0 Å². The molecule has 0 aliphatic carbocycles. The van der Waals surface area contributed by atoms with E-state index in [1.807, 2.05) is 18.2 Å². The Labute approximate surface area is 146 Å². The SMILES string of the molecule is COc1ccc(C2CCCN2CC(=O)Nc2cc(C)on2)cc1OC. The summed E-state index contributed by atoms with van der Waals surface area (Å²) in [7, 11) is 3.25. The van der Waals surface area contributed by atoms with Gasteiger partial charge in [0.1, 0.15) is 5.76 Å². The summed E-state index contributed by atoms with van der Waals surface area (Å²) in [5.74, 6) is 2.43. The zero-order valence-electron chi connectivity index (χ0n) is 14.7. The fourth-order valence-corrected chi connectivity index (χ4v) is 3.25. The van der Waals surface area contributed by atoms with E-state index in [1.165, 1.54) is 0 Å². The number of carbonyl (C=O) groups excluding carboxylic acids is 1. The first kappa shape index (κ1) is 17.3. The highest BCUT2D eigenvalue weighted by atomic mass is 16.5. The maximum Gasteiger partial charge on any atom is 0.239 e. The number of likely N-dealkylation sites (tertiary alicyclic amines) is 1. The first-order valence-electron chi connectivity index (χ1n) is 8.30. The molecule has 0 radical (unpaired) electrons. The van der Waals surface area contributed by atoms with E-state index < -0.39 is 0 Å². The standard InChI is InChI=1S/C18H23N3O4/c1-12-9-17(20-25-12)19-18(22)11-21-8-4-5-14(21)13-6-7-15(23-2)16(10-13)24-3/h6-7,9-10,14H,4-5,8,11H2,1-3H3,(H,19,20,22). The molecule has 134 valence electrons. The molecule has 1 aromatic carbocycles. The van der Waals surface area contributed by atoms with Crippen LogP contribution in [0, 0.1) is 6.92 Å². The molecule has 1 N–H and O–H groups in total. The number of hydrogen-bond donors (Lipinski definition) is 1. The summed E-state index contributed by atoms with van der Waals surface area (Å²) in [6.07, 6.45) is 2.06. The second-order valence-corrected chi connectivity index (χ2v) is 6.11. The number of amides is 1. The van der Waals surface area contributed by atoms with Gasteiger partial charge < -0.3 is 19.3 Å². The van der Waals surface area contributed by atoms with Crippen molar-refractivity contribution in [1.82, 2.24) is 10.1 Å². The monoisotopic (exact) mass is 345 g/mol. The van der Waals surface area contributed by atoms with Crippen LogP contribution in [0.15, 0.2) is 28.8 Å². The van der Waals surface area contributed by atoms with Crippen molar-refractivity contribution >= 4 is 11.7 Å². The third kappa shape index (κ3) is 3.93. The molecule has 1 aliphatic heterocycles. The second kappa shape index (κ2) is 7.57. The lowest BCUT2D eigenvalue weighted by atomic mass is 10.0. The summed E-state index contributed by atoms with van der Waals surface area (Å²) in [5, 5.41) is 6.57. The van der Waals surface area contributed by atoms with Gasteiger partial charge in [-0.25, -0.2) is 0 Å². The van der Waals surface area contributed by atoms with Gasteiger partial charge in [-0.1, -0.05) is 11.2 Å². The molecule has 3 rings (SSSR count). The van der Waals surface area contributed by atoms with Gasteiger partial charge in [0.2, 0.25) is 5.91 Å². The van der Waals surface area contributed by atoms with Gasteiger partial charge in [-0.15, -0.1) is 0 Å². The fourth-order valence-electron chi connectivity index (χ4n) is 3.25. The fraction of sp³-hybridized carbons (Fsp3) is 0.444. The van der Waals surface area contributed by atoms with Crippen LogP contribution in [0.1, 0.15) is 30.2 Å². The Morgan fingerprint density at radius 1 is 1.32 bits per heavy atom. The van der Waals surface area contributed by atoms with E-state index in [-0.39, 0.29) is 11.9 Å². The minimum Gasteiger partial charge on any atom is -0.493 e. The number of rotatable bonds is 6. The number of aryl methyl sites for hydroxylation is 1. The van der Waals surface area contributed by atoms with E-state index in [1.54, 1.807) is 27.2 Å². The molecule has 2 heterocycles. The Morgan fingerprint density at radius 3 is 2.80 bits per heavy atom. The number of ether oxygens (including phenoxy) is 2. The number of methoxy groups -OCH3 is 2. The van der Waals surface area contributed by atoms with Gasteiger partial charge in [0, 0.05) is 12.1 Å². The number of carbonyl (C=O) groups is 1. The molecule has 2 aromatic rings. The summed E-state index contributed by atoms with van der Waals surface area (Å²) in [6.45, 7) is 2.98. The summed E-state index contributed by atoms with van der Waals surface area (Å²) in [4.78, 5) is 14.5. The number of hydrogen-bond acceptors (Lipinski definition) is 6. The van der Waals surface area contributed by atoms with Crippen molar-refractivity contribution in [3.63, 3.8) is 0 Å². The molecule has 1 aliphatic rings. The van der Waals surface area contributed by atoms with E-state index in [4.69, 9.17) is 14.0 Å². The smallest absolute Gasteiger partial charge is 0.239 e. The minimum absolute atomic E-state index is 0.0966. The Balaban J connectivity index is 1.69. The topological polar surface area (TPSA) is 76.8 Å². The van der Waals surface area contributed by atoms with E-state index >= 15 is 0 Å². The number of nitrogens with one attached hydrogen (secondary N) is 1. The van der Waals surface area contributed by atoms with Crippen molar-refractivity contribution in [2.45, 2.75) is 25.8 Å². The highest BCUT2D eigenvalue weighted by Gasteiger charge is 2.28. The van der Waals surface area contributed by atoms with Gasteiger partial charge in [-0.3, -0.25) is 9.69 Å². The van der Waals surface area contributed by atoms with Crippen molar-refractivity contribution in [2.24, 2.45) is 0 Å². The van der Waals surface area contributed by atoms with Gasteiger partial charge in [0.25, 0.3) is 0 Å². The van der Waals surface area contributed by atoms with Crippen molar-refractivity contribution in [1.29, 1.82) is 0 Å². The van der Waals surface area contributed by atoms with Gasteiger partial charge in [0.05, 0.1) is 20.8 Å². The molecular weight excluding hydrogens is 322 g/mol. The molecular formula is C18H23N3O4. The summed E-state index contributed by atoms with van der Waals surface area (Å²) >= 11 is 0. The Kier molecular flexibility index (Phi) is 5.23. The number of anilines is 1. The van der Waals surface area contributed by atoms with E-state index in [9.17, 15) is 4.79 Å². The molecule has 25 heavy (non-hydrogen) atoms. The van der Waals surface area contributed by atoms with Crippen molar-refractivity contribution < 1.29 is 18.8 Å². The first-order valence-corrected chi connectivity index (χ1v) is 8.30. The maximum atomic E-state index is 12.3. The van der Waals surface area contributed by atoms with Crippen LogP contribution in [-0.4, -0.2) is 43.3 Å².